The molecule has 0 saturated heterocycles. The standard InChI is InChI=1S/C13H15BrF2O/c1-8(2)4-3-5-12(17)13-10(15)6-9(14)7-11(13)16/h6-8H,3-5H2,1-2H3. The highest BCUT2D eigenvalue weighted by atomic mass is 79.9. The fourth-order valence-corrected chi connectivity index (χ4v) is 2.01. The zero-order valence-corrected chi connectivity index (χ0v) is 11.5. The Balaban J connectivity index is 2.76. The van der Waals surface area contributed by atoms with Crippen LogP contribution in [-0.2, 0) is 0 Å². The molecule has 1 aromatic carbocycles. The van der Waals surface area contributed by atoms with E-state index in [2.05, 4.69) is 15.9 Å². The van der Waals surface area contributed by atoms with Crippen LogP contribution in [0.1, 0.15) is 43.5 Å². The first kappa shape index (κ1) is 14.3. The quantitative estimate of drug-likeness (QED) is 0.718. The van der Waals surface area contributed by atoms with Crippen LogP contribution in [-0.4, -0.2) is 5.78 Å². The summed E-state index contributed by atoms with van der Waals surface area (Å²) in [7, 11) is 0. The number of carbonyl (C=O) groups excluding carboxylic acids is 1. The number of rotatable bonds is 5. The molecule has 0 radical (unpaired) electrons. The third-order valence-corrected chi connectivity index (χ3v) is 2.93. The lowest BCUT2D eigenvalue weighted by atomic mass is 10.0. The molecule has 0 atom stereocenters. The number of hydrogen-bond acceptors (Lipinski definition) is 1. The van der Waals surface area contributed by atoms with Crippen LogP contribution in [0, 0.1) is 17.6 Å². The Hall–Kier alpha value is -0.770. The van der Waals surface area contributed by atoms with Gasteiger partial charge in [-0.05, 0) is 24.5 Å². The molecule has 0 saturated carbocycles. The van der Waals surface area contributed by atoms with Gasteiger partial charge in [0.25, 0.3) is 0 Å². The number of carbonyl (C=O) groups is 1. The van der Waals surface area contributed by atoms with E-state index in [-0.39, 0.29) is 6.42 Å². The minimum Gasteiger partial charge on any atom is -0.294 e. The van der Waals surface area contributed by atoms with Crippen LogP contribution in [0.5, 0.6) is 0 Å². The summed E-state index contributed by atoms with van der Waals surface area (Å²) in [6.45, 7) is 4.09. The van der Waals surface area contributed by atoms with E-state index in [1.165, 1.54) is 0 Å². The summed E-state index contributed by atoms with van der Waals surface area (Å²) < 4.78 is 27.2. The molecular formula is C13H15BrF2O. The lowest BCUT2D eigenvalue weighted by Gasteiger charge is -2.06. The van der Waals surface area contributed by atoms with Gasteiger partial charge in [-0.2, -0.15) is 0 Å². The Kier molecular flexibility index (Phi) is 5.25. The van der Waals surface area contributed by atoms with Crippen molar-refractivity contribution in [1.82, 2.24) is 0 Å². The molecule has 0 unspecified atom stereocenters. The summed E-state index contributed by atoms with van der Waals surface area (Å²) >= 11 is 2.98. The molecule has 0 aromatic heterocycles. The first-order valence-corrected chi connectivity index (χ1v) is 6.39. The van der Waals surface area contributed by atoms with Crippen molar-refractivity contribution in [3.63, 3.8) is 0 Å². The summed E-state index contributed by atoms with van der Waals surface area (Å²) in [5.74, 6) is -1.58. The van der Waals surface area contributed by atoms with Gasteiger partial charge in [-0.15, -0.1) is 0 Å². The van der Waals surface area contributed by atoms with E-state index < -0.39 is 23.0 Å². The van der Waals surface area contributed by atoms with Gasteiger partial charge in [0, 0.05) is 10.9 Å². The van der Waals surface area contributed by atoms with Gasteiger partial charge in [0.1, 0.15) is 11.6 Å². The summed E-state index contributed by atoms with van der Waals surface area (Å²) in [6.07, 6.45) is 1.73. The number of hydrogen-bond donors (Lipinski definition) is 0. The zero-order valence-electron chi connectivity index (χ0n) is 9.90. The minimum absolute atomic E-state index is 0.188. The van der Waals surface area contributed by atoms with Crippen molar-refractivity contribution >= 4 is 21.7 Å². The Bertz CT molecular complexity index is 393. The number of Topliss-reactive ketones (excluding diaryl/α,β-unsaturated/α-hetero) is 1. The fraction of sp³-hybridized carbons (Fsp3) is 0.462. The number of benzene rings is 1. The smallest absolute Gasteiger partial charge is 0.168 e. The van der Waals surface area contributed by atoms with Crippen LogP contribution in [0.4, 0.5) is 8.78 Å². The van der Waals surface area contributed by atoms with Crippen molar-refractivity contribution in [3.8, 4) is 0 Å². The summed E-state index contributed by atoms with van der Waals surface area (Å²) in [4.78, 5) is 11.7. The van der Waals surface area contributed by atoms with Crippen LogP contribution >= 0.6 is 15.9 Å². The van der Waals surface area contributed by atoms with Crippen molar-refractivity contribution in [1.29, 1.82) is 0 Å². The normalized spacial score (nSPS) is 10.9. The largest absolute Gasteiger partial charge is 0.294 e. The summed E-state index contributed by atoms with van der Waals surface area (Å²) in [6, 6.07) is 2.22. The molecule has 1 nitrogen and oxygen atoms in total. The first-order valence-electron chi connectivity index (χ1n) is 5.59. The van der Waals surface area contributed by atoms with Crippen molar-refractivity contribution in [2.45, 2.75) is 33.1 Å². The number of halogens is 3. The maximum absolute atomic E-state index is 13.5. The van der Waals surface area contributed by atoms with Gasteiger partial charge in [-0.25, -0.2) is 8.78 Å². The molecule has 17 heavy (non-hydrogen) atoms. The molecule has 0 fully saturated rings. The molecule has 0 N–H and O–H groups in total. The van der Waals surface area contributed by atoms with Gasteiger partial charge >= 0.3 is 0 Å². The molecule has 0 aliphatic carbocycles. The van der Waals surface area contributed by atoms with E-state index in [9.17, 15) is 13.6 Å². The third kappa shape index (κ3) is 4.19. The van der Waals surface area contributed by atoms with Gasteiger partial charge in [0.05, 0.1) is 5.56 Å². The van der Waals surface area contributed by atoms with E-state index in [4.69, 9.17) is 0 Å². The van der Waals surface area contributed by atoms with E-state index in [1.807, 2.05) is 13.8 Å². The van der Waals surface area contributed by atoms with Crippen molar-refractivity contribution in [3.05, 3.63) is 33.8 Å². The van der Waals surface area contributed by atoms with Crippen LogP contribution in [0.25, 0.3) is 0 Å². The monoisotopic (exact) mass is 304 g/mol. The van der Waals surface area contributed by atoms with Crippen LogP contribution in [0.3, 0.4) is 0 Å². The van der Waals surface area contributed by atoms with Crippen LogP contribution in [0.15, 0.2) is 16.6 Å². The predicted molar refractivity (Wildman–Crippen MR) is 67.1 cm³/mol. The number of ketones is 1. The molecule has 1 aromatic rings. The van der Waals surface area contributed by atoms with Crippen molar-refractivity contribution in [2.24, 2.45) is 5.92 Å². The molecule has 0 aliphatic heterocycles. The van der Waals surface area contributed by atoms with Gasteiger partial charge < -0.3 is 0 Å². The van der Waals surface area contributed by atoms with Crippen molar-refractivity contribution < 1.29 is 13.6 Å². The molecule has 0 heterocycles. The minimum atomic E-state index is -0.800. The molecule has 1 rings (SSSR count). The predicted octanol–water partition coefficient (Wildman–Crippen LogP) is 4.74. The lowest BCUT2D eigenvalue weighted by Crippen LogP contribution is -2.06. The lowest BCUT2D eigenvalue weighted by molar-refractivity contribution is 0.0970. The summed E-state index contributed by atoms with van der Waals surface area (Å²) in [5.41, 5.74) is -0.419. The maximum Gasteiger partial charge on any atom is 0.168 e. The highest BCUT2D eigenvalue weighted by molar-refractivity contribution is 9.10. The van der Waals surface area contributed by atoms with E-state index in [0.29, 0.717) is 16.8 Å². The van der Waals surface area contributed by atoms with Gasteiger partial charge in [0.15, 0.2) is 5.78 Å². The molecular weight excluding hydrogens is 290 g/mol. The van der Waals surface area contributed by atoms with E-state index in [1.54, 1.807) is 0 Å². The SMILES string of the molecule is CC(C)CCCC(=O)c1c(F)cc(Br)cc1F. The second-order valence-electron chi connectivity index (χ2n) is 4.45. The topological polar surface area (TPSA) is 17.1 Å². The second-order valence-corrected chi connectivity index (χ2v) is 5.37. The van der Waals surface area contributed by atoms with Crippen LogP contribution in [0.2, 0.25) is 0 Å². The molecule has 0 amide bonds. The Morgan fingerprint density at radius 2 is 1.82 bits per heavy atom. The summed E-state index contributed by atoms with van der Waals surface area (Å²) in [5, 5.41) is 0. The van der Waals surface area contributed by atoms with Gasteiger partial charge in [0.2, 0.25) is 0 Å². The Morgan fingerprint density at radius 1 is 1.29 bits per heavy atom. The average Bonchev–Trinajstić information content (AvgIpc) is 2.14. The average molecular weight is 305 g/mol. The highest BCUT2D eigenvalue weighted by Gasteiger charge is 2.17. The van der Waals surface area contributed by atoms with Gasteiger partial charge in [-0.3, -0.25) is 4.79 Å². The highest BCUT2D eigenvalue weighted by Crippen LogP contribution is 2.21. The van der Waals surface area contributed by atoms with E-state index >= 15 is 0 Å². The maximum atomic E-state index is 13.5. The Labute approximate surface area is 108 Å². The van der Waals surface area contributed by atoms with Gasteiger partial charge in [-0.1, -0.05) is 36.2 Å². The molecule has 94 valence electrons. The molecule has 0 aliphatic rings. The zero-order chi connectivity index (χ0) is 13.0. The molecule has 4 heteroatoms. The third-order valence-electron chi connectivity index (χ3n) is 2.47. The fourth-order valence-electron chi connectivity index (χ4n) is 1.60. The van der Waals surface area contributed by atoms with Crippen LogP contribution < -0.4 is 0 Å². The van der Waals surface area contributed by atoms with E-state index in [0.717, 1.165) is 18.6 Å². The Morgan fingerprint density at radius 3 is 2.29 bits per heavy atom. The molecule has 0 spiro atoms. The molecule has 0 bridgehead atoms. The first-order chi connectivity index (χ1) is 7.91. The van der Waals surface area contributed by atoms with Crippen molar-refractivity contribution in [2.75, 3.05) is 0 Å². The second kappa shape index (κ2) is 6.24.